The predicted octanol–water partition coefficient (Wildman–Crippen LogP) is 6.07. The average molecular weight is 604 g/mol. The molecule has 1 fully saturated rings. The van der Waals surface area contributed by atoms with Crippen LogP contribution in [0, 0.1) is 25.5 Å². The van der Waals surface area contributed by atoms with E-state index in [-0.39, 0.29) is 37.1 Å². The molecule has 43 heavy (non-hydrogen) atoms. The van der Waals surface area contributed by atoms with Crippen molar-refractivity contribution in [3.8, 4) is 11.5 Å². The van der Waals surface area contributed by atoms with Crippen LogP contribution >= 0.6 is 0 Å². The Bertz CT molecular complexity index is 1560. The Labute approximate surface area is 244 Å². The van der Waals surface area contributed by atoms with Gasteiger partial charge in [0.1, 0.15) is 28.8 Å². The number of nitrogens with one attached hydrogen (secondary N) is 1. The first-order valence-electron chi connectivity index (χ1n) is 13.8. The molecule has 0 atom stereocenters. The second kappa shape index (κ2) is 12.1. The van der Waals surface area contributed by atoms with Gasteiger partial charge in [-0.05, 0) is 51.7 Å². The lowest BCUT2D eigenvalue weighted by molar-refractivity contribution is -0.0967. The molecule has 2 aromatic heterocycles. The van der Waals surface area contributed by atoms with Crippen molar-refractivity contribution in [3.63, 3.8) is 0 Å². The molecule has 2 amide bonds. The maximum atomic E-state index is 14.3. The number of likely N-dealkylation sites (tertiary alicyclic amines) is 1. The van der Waals surface area contributed by atoms with E-state index in [1.54, 1.807) is 24.8 Å². The van der Waals surface area contributed by atoms with Crippen LogP contribution in [0.25, 0.3) is 17.0 Å². The van der Waals surface area contributed by atoms with Crippen molar-refractivity contribution in [2.24, 2.45) is 0 Å². The molecule has 0 aliphatic carbocycles. The number of nitrogens with zero attached hydrogens (tertiary/aromatic N) is 6. The van der Waals surface area contributed by atoms with Crippen LogP contribution in [0.1, 0.15) is 54.7 Å². The molecule has 0 saturated carbocycles. The number of amides is 2. The van der Waals surface area contributed by atoms with Crippen LogP contribution in [0.4, 0.5) is 32.4 Å². The third-order valence-corrected chi connectivity index (χ3v) is 7.56. The number of allylic oxidation sites excluding steroid dienone is 3. The monoisotopic (exact) mass is 603 g/mol. The van der Waals surface area contributed by atoms with Gasteiger partial charge in [-0.3, -0.25) is 4.90 Å². The lowest BCUT2D eigenvalue weighted by Gasteiger charge is -2.35. The van der Waals surface area contributed by atoms with E-state index >= 15 is 0 Å². The first-order chi connectivity index (χ1) is 20.4. The number of hydrogen-bond donors (Lipinski definition) is 1. The molecule has 0 bridgehead atoms. The molecule has 1 saturated heterocycles. The molecule has 1 aromatic carbocycles. The van der Waals surface area contributed by atoms with Crippen LogP contribution in [-0.4, -0.2) is 64.0 Å². The summed E-state index contributed by atoms with van der Waals surface area (Å²) in [5.74, 6) is -0.801. The molecule has 228 valence electrons. The fourth-order valence-electron chi connectivity index (χ4n) is 5.45. The summed E-state index contributed by atoms with van der Waals surface area (Å²) < 4.78 is 73.8. The number of hydrogen-bond acceptors (Lipinski definition) is 7. The van der Waals surface area contributed by atoms with Crippen molar-refractivity contribution < 1.29 is 31.2 Å². The van der Waals surface area contributed by atoms with E-state index in [2.05, 4.69) is 20.5 Å². The van der Waals surface area contributed by atoms with Crippen LogP contribution in [-0.2, 0) is 0 Å². The number of alkyl halides is 3. The van der Waals surface area contributed by atoms with E-state index in [0.717, 1.165) is 23.1 Å². The number of piperidine rings is 1. The van der Waals surface area contributed by atoms with E-state index in [9.17, 15) is 26.7 Å². The highest BCUT2D eigenvalue weighted by atomic mass is 19.4. The van der Waals surface area contributed by atoms with Crippen molar-refractivity contribution in [2.75, 3.05) is 31.6 Å². The fourth-order valence-corrected chi connectivity index (χ4v) is 5.45. The molecule has 4 heterocycles. The number of aryl methyl sites for hydroxylation is 2. The summed E-state index contributed by atoms with van der Waals surface area (Å²) in [6.07, 6.45) is -0.258. The molecule has 5 rings (SSSR count). The van der Waals surface area contributed by atoms with E-state index < -0.39 is 35.2 Å². The molecule has 0 spiro atoms. The predicted molar refractivity (Wildman–Crippen MR) is 148 cm³/mol. The molecule has 14 heteroatoms. The van der Waals surface area contributed by atoms with Gasteiger partial charge in [-0.25, -0.2) is 23.5 Å². The van der Waals surface area contributed by atoms with Gasteiger partial charge in [0.2, 0.25) is 5.89 Å². The Morgan fingerprint density at radius 3 is 2.40 bits per heavy atom. The van der Waals surface area contributed by atoms with Gasteiger partial charge in [0.15, 0.2) is 0 Å². The Balaban J connectivity index is 1.33. The fraction of sp³-hybridized carbons (Fsp3) is 0.414. The molecule has 2 aliphatic rings. The lowest BCUT2D eigenvalue weighted by atomic mass is 9.90. The van der Waals surface area contributed by atoms with Gasteiger partial charge in [-0.1, -0.05) is 18.2 Å². The first kappa shape index (κ1) is 30.1. The van der Waals surface area contributed by atoms with Gasteiger partial charge < -0.3 is 14.6 Å². The smallest absolute Gasteiger partial charge is 0.416 e. The highest BCUT2D eigenvalue weighted by molar-refractivity contribution is 5.91. The average Bonchev–Trinajstić information content (AvgIpc) is 3.41. The summed E-state index contributed by atoms with van der Waals surface area (Å²) in [7, 11) is 1.34. The van der Waals surface area contributed by atoms with Crippen LogP contribution in [0.15, 0.2) is 40.5 Å². The van der Waals surface area contributed by atoms with Crippen molar-refractivity contribution in [1.82, 2.24) is 30.4 Å². The van der Waals surface area contributed by atoms with Crippen LogP contribution < -0.4 is 10.2 Å². The zero-order chi connectivity index (χ0) is 30.9. The minimum absolute atomic E-state index is 0.0493. The number of anilines is 1. The number of rotatable bonds is 4. The lowest BCUT2D eigenvalue weighted by Crippen LogP contribution is -2.45. The first-order valence-corrected chi connectivity index (χ1v) is 13.8. The quantitative estimate of drug-likeness (QED) is 0.362. The standard InChI is InChI=1S/C29H30F5N7O2/c1-16-23(27-39-38-26(43-27)19-6-4-9-22(29(32,33)34)35-13-10-19)24(37-17(2)36-16)18-11-14-41(15-12-18)28(42)40(3)25-20(30)7-5-8-21(25)31/h5,7-10,18,35H,4,6,11-15H2,1-3H3/b19-10+,22-9-. The van der Waals surface area contributed by atoms with Gasteiger partial charge in [-0.2, -0.15) is 13.2 Å². The van der Waals surface area contributed by atoms with Gasteiger partial charge >= 0.3 is 12.2 Å². The van der Waals surface area contributed by atoms with Gasteiger partial charge in [-0.15, -0.1) is 10.2 Å². The Morgan fingerprint density at radius 2 is 1.72 bits per heavy atom. The normalized spacial score (nSPS) is 19.0. The minimum atomic E-state index is -4.44. The third-order valence-electron chi connectivity index (χ3n) is 7.56. The molecule has 2 aliphatic heterocycles. The second-order valence-electron chi connectivity index (χ2n) is 10.5. The van der Waals surface area contributed by atoms with Crippen molar-refractivity contribution in [1.29, 1.82) is 0 Å². The molecule has 3 aromatic rings. The number of urea groups is 1. The summed E-state index contributed by atoms with van der Waals surface area (Å²) >= 11 is 0. The van der Waals surface area contributed by atoms with Crippen molar-refractivity contribution in [2.45, 2.75) is 51.6 Å². The van der Waals surface area contributed by atoms with E-state index in [0.29, 0.717) is 54.3 Å². The van der Waals surface area contributed by atoms with Gasteiger partial charge in [0.05, 0.1) is 17.0 Å². The minimum Gasteiger partial charge on any atom is -0.416 e. The van der Waals surface area contributed by atoms with Crippen LogP contribution in [0.2, 0.25) is 0 Å². The number of benzene rings is 1. The Hall–Kier alpha value is -4.36. The maximum Gasteiger partial charge on any atom is 0.430 e. The number of carbonyl (C=O) groups is 1. The summed E-state index contributed by atoms with van der Waals surface area (Å²) in [5.41, 5.74) is 1.33. The van der Waals surface area contributed by atoms with Gasteiger partial charge in [0, 0.05) is 38.2 Å². The summed E-state index contributed by atoms with van der Waals surface area (Å²) in [6, 6.07) is 2.93. The van der Waals surface area contributed by atoms with E-state index in [4.69, 9.17) is 9.40 Å². The topological polar surface area (TPSA) is 100 Å². The summed E-state index contributed by atoms with van der Waals surface area (Å²) in [5, 5.41) is 10.8. The van der Waals surface area contributed by atoms with E-state index in [1.165, 1.54) is 13.1 Å². The van der Waals surface area contributed by atoms with Crippen molar-refractivity contribution >= 4 is 17.3 Å². The van der Waals surface area contributed by atoms with Crippen LogP contribution in [0.5, 0.6) is 0 Å². The highest BCUT2D eigenvalue weighted by Gasteiger charge is 2.34. The number of halogens is 5. The highest BCUT2D eigenvalue weighted by Crippen LogP contribution is 2.37. The Morgan fingerprint density at radius 1 is 1.05 bits per heavy atom. The second-order valence-corrected chi connectivity index (χ2v) is 10.5. The van der Waals surface area contributed by atoms with Crippen molar-refractivity contribution in [3.05, 3.63) is 70.8 Å². The molecule has 0 unspecified atom stereocenters. The third kappa shape index (κ3) is 6.37. The molecule has 9 nitrogen and oxygen atoms in total. The van der Waals surface area contributed by atoms with Crippen LogP contribution in [0.3, 0.4) is 0 Å². The SMILES string of the molecule is Cc1nc(C)c(-c2nnc(/C3=C/CN/C(C(F)(F)F)=C\CC3)o2)c(C2CCN(C(=O)N(C)c3c(F)cccc3F)CC2)n1. The number of aromatic nitrogens is 4. The number of para-hydroxylation sites is 1. The molecule has 0 radical (unpaired) electrons. The zero-order valence-corrected chi connectivity index (χ0v) is 23.8. The Kier molecular flexibility index (Phi) is 8.47. The molecular weight excluding hydrogens is 573 g/mol. The largest absolute Gasteiger partial charge is 0.430 e. The maximum absolute atomic E-state index is 14.3. The van der Waals surface area contributed by atoms with Gasteiger partial charge in [0.25, 0.3) is 5.89 Å². The summed E-state index contributed by atoms with van der Waals surface area (Å²) in [6.45, 7) is 4.18. The zero-order valence-electron chi connectivity index (χ0n) is 23.8. The summed E-state index contributed by atoms with van der Waals surface area (Å²) in [4.78, 5) is 24.8. The van der Waals surface area contributed by atoms with E-state index in [1.807, 2.05) is 0 Å². The molecule has 1 N–H and O–H groups in total. The number of carbonyl (C=O) groups excluding carboxylic acids is 1. The molecular formula is C29H30F5N7O2.